The molecule has 82 valence electrons. The van der Waals surface area contributed by atoms with Crippen molar-refractivity contribution in [2.45, 2.75) is 10.1 Å². The monoisotopic (exact) mass is 234 g/mol. The second-order valence-corrected chi connectivity index (χ2v) is 4.19. The highest BCUT2D eigenvalue weighted by Gasteiger charge is 2.01. The number of nitrogens with two attached hydrogens (primary N) is 2. The maximum atomic E-state index is 11.0. The minimum Gasteiger partial charge on any atom is -0.397 e. The smallest absolute Gasteiger partial charge is 0.251 e. The number of aromatic nitrogens is 2. The third kappa shape index (κ3) is 2.34. The summed E-state index contributed by atoms with van der Waals surface area (Å²) in [6, 6.07) is 6.65. The minimum atomic E-state index is -0.180. The van der Waals surface area contributed by atoms with Gasteiger partial charge in [-0.2, -0.15) is 0 Å². The Balaban J connectivity index is 2.27. The number of H-pyrrole nitrogens is 1. The van der Waals surface area contributed by atoms with Crippen LogP contribution in [0.4, 0.5) is 11.4 Å². The van der Waals surface area contributed by atoms with E-state index >= 15 is 0 Å². The Bertz CT molecular complexity index is 567. The highest BCUT2D eigenvalue weighted by atomic mass is 32.2. The van der Waals surface area contributed by atoms with Gasteiger partial charge in [-0.3, -0.25) is 4.79 Å². The van der Waals surface area contributed by atoms with Gasteiger partial charge in [-0.15, -0.1) is 0 Å². The predicted molar refractivity (Wildman–Crippen MR) is 64.2 cm³/mol. The van der Waals surface area contributed by atoms with Crippen LogP contribution in [0, 0.1) is 0 Å². The van der Waals surface area contributed by atoms with E-state index in [0.717, 1.165) is 4.90 Å². The standard InChI is InChI=1S/C10H10N4OS/c11-7-2-1-6(5-8(7)12)16-10-13-4-3-9(15)14-10/h1-5H,11-12H2,(H,13,14,15). The average Bonchev–Trinajstić information content (AvgIpc) is 2.24. The molecule has 0 aliphatic rings. The summed E-state index contributed by atoms with van der Waals surface area (Å²) in [5, 5.41) is 0.525. The number of nitrogen functional groups attached to an aromatic ring is 2. The van der Waals surface area contributed by atoms with Gasteiger partial charge < -0.3 is 16.5 Å². The van der Waals surface area contributed by atoms with Gasteiger partial charge in [0.15, 0.2) is 5.16 Å². The zero-order valence-corrected chi connectivity index (χ0v) is 9.12. The van der Waals surface area contributed by atoms with Gasteiger partial charge >= 0.3 is 0 Å². The van der Waals surface area contributed by atoms with Crippen molar-refractivity contribution >= 4 is 23.1 Å². The largest absolute Gasteiger partial charge is 0.397 e. The molecule has 2 rings (SSSR count). The number of nitrogens with zero attached hydrogens (tertiary/aromatic N) is 1. The number of hydrogen-bond donors (Lipinski definition) is 3. The molecule has 5 N–H and O–H groups in total. The third-order valence-electron chi connectivity index (χ3n) is 1.92. The molecular formula is C10H10N4OS. The predicted octanol–water partition coefficient (Wildman–Crippen LogP) is 1.09. The van der Waals surface area contributed by atoms with Crippen molar-refractivity contribution in [1.82, 2.24) is 9.97 Å². The van der Waals surface area contributed by atoms with Crippen molar-refractivity contribution in [3.63, 3.8) is 0 Å². The molecular weight excluding hydrogens is 224 g/mol. The summed E-state index contributed by atoms with van der Waals surface area (Å²) in [5.74, 6) is 0. The molecule has 0 bridgehead atoms. The molecule has 0 aliphatic carbocycles. The van der Waals surface area contributed by atoms with Crippen LogP contribution in [0.1, 0.15) is 0 Å². The third-order valence-corrected chi connectivity index (χ3v) is 2.81. The van der Waals surface area contributed by atoms with Crippen LogP contribution in [0.15, 0.2) is 45.3 Å². The van der Waals surface area contributed by atoms with Crippen LogP contribution >= 0.6 is 11.8 Å². The van der Waals surface area contributed by atoms with Gasteiger partial charge in [0.2, 0.25) is 0 Å². The Morgan fingerprint density at radius 2 is 2.00 bits per heavy atom. The van der Waals surface area contributed by atoms with Gasteiger partial charge in [0.1, 0.15) is 0 Å². The molecule has 16 heavy (non-hydrogen) atoms. The number of rotatable bonds is 2. The molecule has 1 heterocycles. The van der Waals surface area contributed by atoms with E-state index in [9.17, 15) is 4.79 Å². The fourth-order valence-corrected chi connectivity index (χ4v) is 1.94. The first-order chi connectivity index (χ1) is 7.65. The molecule has 0 amide bonds. The van der Waals surface area contributed by atoms with Gasteiger partial charge in [-0.1, -0.05) is 11.8 Å². The minimum absolute atomic E-state index is 0.180. The lowest BCUT2D eigenvalue weighted by Crippen LogP contribution is -2.05. The number of hydrogen-bond acceptors (Lipinski definition) is 5. The van der Waals surface area contributed by atoms with Crippen LogP contribution in [0.3, 0.4) is 0 Å². The number of anilines is 2. The van der Waals surface area contributed by atoms with Crippen LogP contribution in [0.25, 0.3) is 0 Å². The fraction of sp³-hybridized carbons (Fsp3) is 0. The maximum absolute atomic E-state index is 11.0. The summed E-state index contributed by atoms with van der Waals surface area (Å²) in [6.07, 6.45) is 1.46. The first-order valence-corrected chi connectivity index (χ1v) is 5.35. The summed E-state index contributed by atoms with van der Waals surface area (Å²) in [5.41, 5.74) is 12.1. The van der Waals surface area contributed by atoms with Gasteiger partial charge in [-0.05, 0) is 18.2 Å². The van der Waals surface area contributed by atoms with Gasteiger partial charge in [0.05, 0.1) is 11.4 Å². The zero-order chi connectivity index (χ0) is 11.5. The summed E-state index contributed by atoms with van der Waals surface area (Å²) in [7, 11) is 0. The Kier molecular flexibility index (Phi) is 2.82. The van der Waals surface area contributed by atoms with E-state index in [1.165, 1.54) is 24.0 Å². The molecule has 0 saturated heterocycles. The Labute approximate surface area is 95.9 Å². The first kappa shape index (κ1) is 10.6. The van der Waals surface area contributed by atoms with Crippen LogP contribution in [-0.2, 0) is 0 Å². The second-order valence-electron chi connectivity index (χ2n) is 3.13. The molecule has 6 heteroatoms. The number of aromatic amines is 1. The molecule has 0 aliphatic heterocycles. The van der Waals surface area contributed by atoms with Gasteiger partial charge in [0.25, 0.3) is 5.56 Å². The lowest BCUT2D eigenvalue weighted by molar-refractivity contribution is 0.937. The summed E-state index contributed by atoms with van der Waals surface area (Å²) >= 11 is 1.32. The van der Waals surface area contributed by atoms with Crippen LogP contribution in [0.5, 0.6) is 0 Å². The van der Waals surface area contributed by atoms with Crippen molar-refractivity contribution in [3.05, 3.63) is 40.8 Å². The van der Waals surface area contributed by atoms with Gasteiger partial charge in [-0.25, -0.2) is 4.98 Å². The fourth-order valence-electron chi connectivity index (χ4n) is 1.13. The van der Waals surface area contributed by atoms with E-state index in [0.29, 0.717) is 16.5 Å². The SMILES string of the molecule is Nc1ccc(Sc2nccc(=O)[nH]2)cc1N. The molecule has 2 aromatic rings. The molecule has 0 atom stereocenters. The van der Waals surface area contributed by atoms with Crippen LogP contribution in [0.2, 0.25) is 0 Å². The highest BCUT2D eigenvalue weighted by Crippen LogP contribution is 2.27. The van der Waals surface area contributed by atoms with Crippen molar-refractivity contribution in [1.29, 1.82) is 0 Å². The van der Waals surface area contributed by atoms with E-state index < -0.39 is 0 Å². The Hall–Kier alpha value is -1.95. The first-order valence-electron chi connectivity index (χ1n) is 4.53. The van der Waals surface area contributed by atoms with E-state index in [4.69, 9.17) is 11.5 Å². The summed E-state index contributed by atoms with van der Waals surface area (Å²) in [6.45, 7) is 0. The quantitative estimate of drug-likeness (QED) is 0.533. The maximum Gasteiger partial charge on any atom is 0.251 e. The van der Waals surface area contributed by atoms with E-state index in [1.54, 1.807) is 12.1 Å². The van der Waals surface area contributed by atoms with Crippen molar-refractivity contribution in [3.8, 4) is 0 Å². The summed E-state index contributed by atoms with van der Waals surface area (Å²) < 4.78 is 0. The highest BCUT2D eigenvalue weighted by molar-refractivity contribution is 7.99. The molecule has 0 radical (unpaired) electrons. The topological polar surface area (TPSA) is 97.8 Å². The molecule has 0 unspecified atom stereocenters. The van der Waals surface area contributed by atoms with Crippen LogP contribution in [-0.4, -0.2) is 9.97 Å². The van der Waals surface area contributed by atoms with Crippen LogP contribution < -0.4 is 17.0 Å². The molecule has 1 aromatic carbocycles. The number of benzene rings is 1. The normalized spacial score (nSPS) is 10.2. The van der Waals surface area contributed by atoms with Crippen molar-refractivity contribution in [2.75, 3.05) is 11.5 Å². The number of nitrogens with one attached hydrogen (secondary N) is 1. The Morgan fingerprint density at radius 3 is 2.69 bits per heavy atom. The van der Waals surface area contributed by atoms with E-state index in [1.807, 2.05) is 6.07 Å². The molecule has 0 spiro atoms. The average molecular weight is 234 g/mol. The zero-order valence-electron chi connectivity index (χ0n) is 8.31. The van der Waals surface area contributed by atoms with Gasteiger partial charge in [0, 0.05) is 17.2 Å². The summed E-state index contributed by atoms with van der Waals surface area (Å²) in [4.78, 5) is 18.6. The van der Waals surface area contributed by atoms with Crippen molar-refractivity contribution < 1.29 is 0 Å². The molecule has 0 fully saturated rings. The molecule has 0 saturated carbocycles. The van der Waals surface area contributed by atoms with E-state index in [2.05, 4.69) is 9.97 Å². The lowest BCUT2D eigenvalue weighted by atomic mass is 10.3. The lowest BCUT2D eigenvalue weighted by Gasteiger charge is -2.03. The molecule has 1 aromatic heterocycles. The second kappa shape index (κ2) is 4.28. The Morgan fingerprint density at radius 1 is 1.19 bits per heavy atom. The van der Waals surface area contributed by atoms with Crippen molar-refractivity contribution in [2.24, 2.45) is 0 Å². The van der Waals surface area contributed by atoms with E-state index in [-0.39, 0.29) is 5.56 Å². The molecule has 5 nitrogen and oxygen atoms in total.